The molecule has 0 spiro atoms. The lowest BCUT2D eigenvalue weighted by Gasteiger charge is -1.91. The number of nitrogens with zero attached hydrogens (tertiary/aromatic N) is 1. The number of hydrogen-bond acceptors (Lipinski definition) is 2. The van der Waals surface area contributed by atoms with Gasteiger partial charge in [0.1, 0.15) is 10.0 Å². The summed E-state index contributed by atoms with van der Waals surface area (Å²) in [6.07, 6.45) is 0. The molecule has 2 aromatic heterocycles. The molecule has 0 atom stereocenters. The Morgan fingerprint density at radius 3 is 1.82 bits per heavy atom. The van der Waals surface area contributed by atoms with Crippen LogP contribution in [-0.2, 0) is 0 Å². The van der Waals surface area contributed by atoms with Gasteiger partial charge in [-0.2, -0.15) is 0 Å². The Kier molecular flexibility index (Phi) is 1.92. The first-order chi connectivity index (χ1) is 5.45. The average molecular weight is 180 g/mol. The molecule has 0 amide bonds. The van der Waals surface area contributed by atoms with Crippen LogP contribution in [0, 0.1) is 0 Å². The molecule has 1 radical (unpaired) electrons. The third-order valence-electron chi connectivity index (χ3n) is 1.23. The van der Waals surface area contributed by atoms with Gasteiger partial charge in [0.25, 0.3) is 0 Å². The summed E-state index contributed by atoms with van der Waals surface area (Å²) in [5.41, 5.74) is 0. The molecule has 1 nitrogen and oxygen atoms in total. The maximum absolute atomic E-state index is 4.40. The molecule has 0 unspecified atom stereocenters. The quantitative estimate of drug-likeness (QED) is 0.672. The van der Waals surface area contributed by atoms with Crippen LogP contribution in [0.3, 0.4) is 0 Å². The van der Waals surface area contributed by atoms with Crippen LogP contribution in [0.1, 0.15) is 0 Å². The molecule has 2 heterocycles. The van der Waals surface area contributed by atoms with E-state index in [9.17, 15) is 0 Å². The van der Waals surface area contributed by atoms with Gasteiger partial charge in [0, 0.05) is 0 Å². The van der Waals surface area contributed by atoms with Crippen molar-refractivity contribution in [2.75, 3.05) is 0 Å². The molecule has 0 fully saturated rings. The average Bonchev–Trinajstić information content (AvgIpc) is 2.60. The van der Waals surface area contributed by atoms with Crippen LogP contribution < -0.4 is 5.32 Å². The van der Waals surface area contributed by atoms with E-state index in [4.69, 9.17) is 0 Å². The third-order valence-corrected chi connectivity index (χ3v) is 2.76. The van der Waals surface area contributed by atoms with Crippen molar-refractivity contribution in [1.29, 1.82) is 0 Å². The SMILES string of the molecule is c1csc([N]c2cccs2)c1. The first kappa shape index (κ1) is 6.88. The van der Waals surface area contributed by atoms with Crippen molar-refractivity contribution in [3.63, 3.8) is 0 Å². The van der Waals surface area contributed by atoms with Gasteiger partial charge in [0.2, 0.25) is 0 Å². The van der Waals surface area contributed by atoms with E-state index in [0.29, 0.717) is 0 Å². The molecule has 0 aliphatic heterocycles. The second-order valence-electron chi connectivity index (χ2n) is 2.01. The van der Waals surface area contributed by atoms with Crippen LogP contribution in [0.2, 0.25) is 0 Å². The Morgan fingerprint density at radius 2 is 1.45 bits per heavy atom. The summed E-state index contributed by atoms with van der Waals surface area (Å²) in [7, 11) is 0. The summed E-state index contributed by atoms with van der Waals surface area (Å²) < 4.78 is 0. The smallest absolute Gasteiger partial charge is 0.117 e. The van der Waals surface area contributed by atoms with Crippen LogP contribution in [0.5, 0.6) is 0 Å². The van der Waals surface area contributed by atoms with Gasteiger partial charge in [0.05, 0.1) is 0 Å². The van der Waals surface area contributed by atoms with Crippen molar-refractivity contribution < 1.29 is 0 Å². The van der Waals surface area contributed by atoms with Crippen LogP contribution in [-0.4, -0.2) is 0 Å². The lowest BCUT2D eigenvalue weighted by molar-refractivity contribution is 1.27. The Labute approximate surface area is 73.3 Å². The predicted molar refractivity (Wildman–Crippen MR) is 50.1 cm³/mol. The zero-order valence-electron chi connectivity index (χ0n) is 5.73. The van der Waals surface area contributed by atoms with Crippen LogP contribution in [0.15, 0.2) is 35.0 Å². The van der Waals surface area contributed by atoms with Crippen molar-refractivity contribution >= 4 is 32.7 Å². The number of rotatable bonds is 2. The molecule has 0 aliphatic rings. The van der Waals surface area contributed by atoms with Gasteiger partial charge >= 0.3 is 0 Å². The standard InChI is InChI=1S/C8H6NS2/c1-3-7(10-5-1)9-8-4-2-6-11-8/h1-6H. The van der Waals surface area contributed by atoms with Gasteiger partial charge in [-0.05, 0) is 35.0 Å². The molecule has 3 heteroatoms. The minimum Gasteiger partial charge on any atom is -0.227 e. The number of thiophene rings is 2. The minimum absolute atomic E-state index is 1.08. The van der Waals surface area contributed by atoms with Crippen LogP contribution in [0.25, 0.3) is 0 Å². The minimum atomic E-state index is 1.08. The molecule has 0 saturated heterocycles. The maximum Gasteiger partial charge on any atom is 0.117 e. The molecule has 2 rings (SSSR count). The van der Waals surface area contributed by atoms with Crippen LogP contribution in [0.4, 0.5) is 10.0 Å². The predicted octanol–water partition coefficient (Wildman–Crippen LogP) is 3.38. The molecule has 0 saturated carbocycles. The Balaban J connectivity index is 2.14. The summed E-state index contributed by atoms with van der Waals surface area (Å²) >= 11 is 3.32. The lowest BCUT2D eigenvalue weighted by Crippen LogP contribution is -1.78. The summed E-state index contributed by atoms with van der Waals surface area (Å²) in [6.45, 7) is 0. The monoisotopic (exact) mass is 180 g/mol. The largest absolute Gasteiger partial charge is 0.227 e. The summed E-state index contributed by atoms with van der Waals surface area (Å²) in [6, 6.07) is 8.06. The Hall–Kier alpha value is -0.800. The van der Waals surface area contributed by atoms with E-state index in [0.717, 1.165) is 10.0 Å². The van der Waals surface area contributed by atoms with E-state index >= 15 is 0 Å². The first-order valence-corrected chi connectivity index (χ1v) is 5.00. The molecule has 0 aromatic carbocycles. The zero-order valence-corrected chi connectivity index (χ0v) is 7.36. The summed E-state index contributed by atoms with van der Waals surface area (Å²) in [5.74, 6) is 0. The van der Waals surface area contributed by atoms with Crippen LogP contribution >= 0.6 is 22.7 Å². The van der Waals surface area contributed by atoms with E-state index in [1.165, 1.54) is 0 Å². The van der Waals surface area contributed by atoms with Gasteiger partial charge in [-0.25, -0.2) is 5.32 Å². The van der Waals surface area contributed by atoms with Gasteiger partial charge in [0.15, 0.2) is 0 Å². The van der Waals surface area contributed by atoms with Gasteiger partial charge in [-0.1, -0.05) is 0 Å². The molecular formula is C8H6NS2. The summed E-state index contributed by atoms with van der Waals surface area (Å²) in [4.78, 5) is 0. The topological polar surface area (TPSA) is 14.1 Å². The van der Waals surface area contributed by atoms with E-state index in [1.54, 1.807) is 22.7 Å². The van der Waals surface area contributed by atoms with E-state index in [-0.39, 0.29) is 0 Å². The van der Waals surface area contributed by atoms with Gasteiger partial charge < -0.3 is 0 Å². The third kappa shape index (κ3) is 1.61. The number of hydrogen-bond donors (Lipinski definition) is 0. The second kappa shape index (κ2) is 3.07. The Morgan fingerprint density at radius 1 is 0.909 bits per heavy atom. The highest BCUT2D eigenvalue weighted by Gasteiger charge is 1.96. The fraction of sp³-hybridized carbons (Fsp3) is 0. The molecular weight excluding hydrogens is 174 g/mol. The highest BCUT2D eigenvalue weighted by atomic mass is 32.1. The normalized spacial score (nSPS) is 9.82. The highest BCUT2D eigenvalue weighted by Crippen LogP contribution is 2.24. The fourth-order valence-corrected chi connectivity index (χ4v) is 2.04. The van der Waals surface area contributed by atoms with E-state index in [1.807, 2.05) is 35.0 Å². The van der Waals surface area contributed by atoms with Gasteiger partial charge in [-0.3, -0.25) is 0 Å². The van der Waals surface area contributed by atoms with Crippen molar-refractivity contribution in [2.45, 2.75) is 0 Å². The zero-order chi connectivity index (χ0) is 7.52. The van der Waals surface area contributed by atoms with Crippen molar-refractivity contribution in [3.8, 4) is 0 Å². The molecule has 2 aromatic rings. The molecule has 55 valence electrons. The van der Waals surface area contributed by atoms with Gasteiger partial charge in [-0.15, -0.1) is 22.7 Å². The van der Waals surface area contributed by atoms with Crippen molar-refractivity contribution in [2.24, 2.45) is 0 Å². The summed E-state index contributed by atoms with van der Waals surface area (Å²) in [5, 5.41) is 10.6. The molecule has 0 aliphatic carbocycles. The lowest BCUT2D eigenvalue weighted by atomic mass is 10.6. The first-order valence-electron chi connectivity index (χ1n) is 3.24. The molecule has 0 bridgehead atoms. The van der Waals surface area contributed by atoms with E-state index < -0.39 is 0 Å². The second-order valence-corrected chi connectivity index (χ2v) is 3.87. The Bertz CT molecular complexity index is 264. The maximum atomic E-state index is 4.40. The van der Waals surface area contributed by atoms with Crippen molar-refractivity contribution in [1.82, 2.24) is 5.32 Å². The fourth-order valence-electron chi connectivity index (χ4n) is 0.776. The highest BCUT2D eigenvalue weighted by molar-refractivity contribution is 7.15. The van der Waals surface area contributed by atoms with E-state index in [2.05, 4.69) is 5.32 Å². The molecule has 0 N–H and O–H groups in total. The van der Waals surface area contributed by atoms with Crippen molar-refractivity contribution in [3.05, 3.63) is 35.0 Å². The molecule has 11 heavy (non-hydrogen) atoms.